The highest BCUT2D eigenvalue weighted by molar-refractivity contribution is 6.02. The molecule has 7 heteroatoms. The van der Waals surface area contributed by atoms with Crippen LogP contribution in [0.15, 0.2) is 42.6 Å². The zero-order valence-corrected chi connectivity index (χ0v) is 16.9. The van der Waals surface area contributed by atoms with E-state index in [0.29, 0.717) is 18.1 Å². The number of rotatable bonds is 5. The van der Waals surface area contributed by atoms with Gasteiger partial charge in [0.25, 0.3) is 5.91 Å². The summed E-state index contributed by atoms with van der Waals surface area (Å²) < 4.78 is 16.6. The molecule has 0 atom stereocenters. The third kappa shape index (κ3) is 4.47. The molecule has 1 aromatic carbocycles. The van der Waals surface area contributed by atoms with Crippen LogP contribution in [0.3, 0.4) is 0 Å². The molecule has 0 saturated carbocycles. The van der Waals surface area contributed by atoms with Crippen LogP contribution in [0.25, 0.3) is 0 Å². The van der Waals surface area contributed by atoms with Crippen molar-refractivity contribution in [1.82, 2.24) is 19.6 Å². The first-order valence-corrected chi connectivity index (χ1v) is 9.33. The standard InChI is InChI=1S/C21H26FN5O/c1-14(2)26-11-10-19(25-26)23-20(28)17-12-18(21(3,4)5)24-27(17)13-15-6-8-16(22)9-7-15/h6-12,14H,13H2,1-5H3,(H,23,25,28). The highest BCUT2D eigenvalue weighted by Crippen LogP contribution is 2.23. The summed E-state index contributed by atoms with van der Waals surface area (Å²) in [6.45, 7) is 10.5. The van der Waals surface area contributed by atoms with E-state index in [1.165, 1.54) is 12.1 Å². The fraction of sp³-hybridized carbons (Fsp3) is 0.381. The van der Waals surface area contributed by atoms with Crippen molar-refractivity contribution in [3.05, 3.63) is 65.4 Å². The molecule has 0 saturated heterocycles. The molecule has 0 aliphatic rings. The van der Waals surface area contributed by atoms with Crippen LogP contribution in [0.1, 0.15) is 62.4 Å². The van der Waals surface area contributed by atoms with Crippen LogP contribution in [0.4, 0.5) is 10.2 Å². The Morgan fingerprint density at radius 3 is 2.39 bits per heavy atom. The van der Waals surface area contributed by atoms with E-state index in [0.717, 1.165) is 11.3 Å². The SMILES string of the molecule is CC(C)n1ccc(NC(=O)c2cc(C(C)(C)C)nn2Cc2ccc(F)cc2)n1. The largest absolute Gasteiger partial charge is 0.304 e. The molecular formula is C21H26FN5O. The van der Waals surface area contributed by atoms with Crippen molar-refractivity contribution >= 4 is 11.7 Å². The van der Waals surface area contributed by atoms with Gasteiger partial charge in [0.15, 0.2) is 5.82 Å². The van der Waals surface area contributed by atoms with E-state index in [9.17, 15) is 9.18 Å². The third-order valence-corrected chi connectivity index (χ3v) is 4.41. The fourth-order valence-electron chi connectivity index (χ4n) is 2.72. The number of nitrogens with zero attached hydrogens (tertiary/aromatic N) is 4. The number of aromatic nitrogens is 4. The van der Waals surface area contributed by atoms with Crippen LogP contribution in [-0.4, -0.2) is 25.5 Å². The molecule has 0 fully saturated rings. The van der Waals surface area contributed by atoms with E-state index in [1.807, 2.05) is 40.8 Å². The van der Waals surface area contributed by atoms with Crippen LogP contribution in [-0.2, 0) is 12.0 Å². The van der Waals surface area contributed by atoms with Gasteiger partial charge in [-0.1, -0.05) is 32.9 Å². The lowest BCUT2D eigenvalue weighted by Gasteiger charge is -2.14. The lowest BCUT2D eigenvalue weighted by atomic mass is 9.92. The number of hydrogen-bond donors (Lipinski definition) is 1. The highest BCUT2D eigenvalue weighted by Gasteiger charge is 2.23. The van der Waals surface area contributed by atoms with Gasteiger partial charge in [0.1, 0.15) is 11.5 Å². The molecule has 6 nitrogen and oxygen atoms in total. The van der Waals surface area contributed by atoms with Crippen molar-refractivity contribution in [3.8, 4) is 0 Å². The number of amides is 1. The van der Waals surface area contributed by atoms with Crippen LogP contribution in [0, 0.1) is 5.82 Å². The second-order valence-corrected chi connectivity index (χ2v) is 8.18. The Morgan fingerprint density at radius 1 is 1.14 bits per heavy atom. The monoisotopic (exact) mass is 383 g/mol. The van der Waals surface area contributed by atoms with E-state index in [-0.39, 0.29) is 23.2 Å². The van der Waals surface area contributed by atoms with Gasteiger partial charge in [-0.15, -0.1) is 0 Å². The second-order valence-electron chi connectivity index (χ2n) is 8.18. The normalized spacial score (nSPS) is 11.8. The van der Waals surface area contributed by atoms with Crippen LogP contribution in [0.5, 0.6) is 0 Å². The maximum absolute atomic E-state index is 13.2. The van der Waals surface area contributed by atoms with Gasteiger partial charge in [-0.05, 0) is 37.6 Å². The summed E-state index contributed by atoms with van der Waals surface area (Å²) in [5, 5.41) is 11.8. The number of halogens is 1. The summed E-state index contributed by atoms with van der Waals surface area (Å²) >= 11 is 0. The van der Waals surface area contributed by atoms with Crippen molar-refractivity contribution in [2.45, 2.75) is 52.6 Å². The maximum Gasteiger partial charge on any atom is 0.275 e. The fourth-order valence-corrected chi connectivity index (χ4v) is 2.72. The lowest BCUT2D eigenvalue weighted by molar-refractivity contribution is 0.101. The van der Waals surface area contributed by atoms with E-state index < -0.39 is 0 Å². The van der Waals surface area contributed by atoms with Crippen LogP contribution in [0.2, 0.25) is 0 Å². The molecule has 148 valence electrons. The summed E-state index contributed by atoms with van der Waals surface area (Å²) in [4.78, 5) is 12.9. The number of nitrogens with one attached hydrogen (secondary N) is 1. The zero-order valence-electron chi connectivity index (χ0n) is 16.9. The Bertz CT molecular complexity index is 964. The molecular weight excluding hydrogens is 357 g/mol. The Balaban J connectivity index is 1.89. The molecule has 2 heterocycles. The zero-order chi connectivity index (χ0) is 20.5. The maximum atomic E-state index is 13.2. The minimum Gasteiger partial charge on any atom is -0.304 e. The summed E-state index contributed by atoms with van der Waals surface area (Å²) in [6.07, 6.45) is 1.83. The van der Waals surface area contributed by atoms with Gasteiger partial charge in [-0.25, -0.2) is 4.39 Å². The number of carbonyl (C=O) groups excluding carboxylic acids is 1. The van der Waals surface area contributed by atoms with Crippen LogP contribution < -0.4 is 5.32 Å². The predicted octanol–water partition coefficient (Wildman–Crippen LogP) is 4.40. The molecule has 1 N–H and O–H groups in total. The second kappa shape index (κ2) is 7.58. The van der Waals surface area contributed by atoms with Gasteiger partial charge in [0, 0.05) is 23.7 Å². The average Bonchev–Trinajstić information content (AvgIpc) is 3.24. The quantitative estimate of drug-likeness (QED) is 0.710. The molecule has 3 aromatic rings. The topological polar surface area (TPSA) is 64.7 Å². The van der Waals surface area contributed by atoms with E-state index >= 15 is 0 Å². The van der Waals surface area contributed by atoms with Crippen molar-refractivity contribution in [2.75, 3.05) is 5.32 Å². The van der Waals surface area contributed by atoms with Crippen molar-refractivity contribution < 1.29 is 9.18 Å². The molecule has 0 aliphatic heterocycles. The number of hydrogen-bond acceptors (Lipinski definition) is 3. The van der Waals surface area contributed by atoms with Gasteiger partial charge in [0.2, 0.25) is 0 Å². The first-order chi connectivity index (χ1) is 13.1. The minimum absolute atomic E-state index is 0.206. The third-order valence-electron chi connectivity index (χ3n) is 4.41. The minimum atomic E-state index is -0.293. The first kappa shape index (κ1) is 19.8. The van der Waals surface area contributed by atoms with Gasteiger partial charge in [-0.2, -0.15) is 10.2 Å². The smallest absolute Gasteiger partial charge is 0.275 e. The van der Waals surface area contributed by atoms with E-state index in [4.69, 9.17) is 0 Å². The Labute approximate surface area is 164 Å². The molecule has 1 amide bonds. The lowest BCUT2D eigenvalue weighted by Crippen LogP contribution is -2.19. The molecule has 0 bridgehead atoms. The van der Waals surface area contributed by atoms with Crippen molar-refractivity contribution in [3.63, 3.8) is 0 Å². The molecule has 28 heavy (non-hydrogen) atoms. The predicted molar refractivity (Wildman–Crippen MR) is 107 cm³/mol. The van der Waals surface area contributed by atoms with Crippen molar-refractivity contribution in [1.29, 1.82) is 0 Å². The van der Waals surface area contributed by atoms with Crippen LogP contribution >= 0.6 is 0 Å². The Hall–Kier alpha value is -2.96. The summed E-state index contributed by atoms with van der Waals surface area (Å²) in [5.74, 6) is -0.0806. The molecule has 0 aliphatic carbocycles. The highest BCUT2D eigenvalue weighted by atomic mass is 19.1. The summed E-state index contributed by atoms with van der Waals surface area (Å²) in [5.41, 5.74) is 1.91. The van der Waals surface area contributed by atoms with E-state index in [2.05, 4.69) is 15.5 Å². The first-order valence-electron chi connectivity index (χ1n) is 9.33. The van der Waals surface area contributed by atoms with Gasteiger partial charge < -0.3 is 5.32 Å². The molecule has 2 aromatic heterocycles. The van der Waals surface area contributed by atoms with Crippen molar-refractivity contribution in [2.24, 2.45) is 0 Å². The number of carbonyl (C=O) groups is 1. The van der Waals surface area contributed by atoms with Gasteiger partial charge in [0.05, 0.1) is 12.2 Å². The van der Waals surface area contributed by atoms with Gasteiger partial charge >= 0.3 is 0 Å². The summed E-state index contributed by atoms with van der Waals surface area (Å²) in [7, 11) is 0. The van der Waals surface area contributed by atoms with E-state index in [1.54, 1.807) is 33.6 Å². The average molecular weight is 383 g/mol. The molecule has 0 spiro atoms. The number of anilines is 1. The summed E-state index contributed by atoms with van der Waals surface area (Å²) in [6, 6.07) is 9.98. The van der Waals surface area contributed by atoms with Gasteiger partial charge in [-0.3, -0.25) is 14.2 Å². The Morgan fingerprint density at radius 2 is 1.82 bits per heavy atom. The molecule has 3 rings (SSSR count). The number of benzene rings is 1. The molecule has 0 unspecified atom stereocenters. The Kier molecular flexibility index (Phi) is 5.36. The molecule has 0 radical (unpaired) electrons.